The fourth-order valence-corrected chi connectivity index (χ4v) is 3.60. The fourth-order valence-electron chi connectivity index (χ4n) is 2.51. The maximum Gasteiger partial charge on any atom is 0.261 e. The molecule has 2 aromatic carbocycles. The number of nitrogens with one attached hydrogen (secondary N) is 1. The number of unbranched alkanes of at least 4 members (excludes halogenated alkanes) is 1. The first-order valence-corrected chi connectivity index (χ1v) is 9.63. The summed E-state index contributed by atoms with van der Waals surface area (Å²) >= 11 is 0. The topological polar surface area (TPSA) is 46.2 Å². The second-order valence-corrected chi connectivity index (χ2v) is 7.78. The molecule has 3 nitrogen and oxygen atoms in total. The number of hydrogen-bond donors (Lipinski definition) is 1. The van der Waals surface area contributed by atoms with Crippen LogP contribution < -0.4 is 4.72 Å². The average Bonchev–Trinajstić information content (AvgIpc) is 2.53. The first-order valence-electron chi connectivity index (χ1n) is 8.14. The number of anilines is 1. The molecular formula is C19H25NO2S. The molecule has 23 heavy (non-hydrogen) atoms. The van der Waals surface area contributed by atoms with E-state index in [1.807, 2.05) is 36.4 Å². The predicted octanol–water partition coefficient (Wildman–Crippen LogP) is 4.95. The molecule has 2 rings (SSSR count). The van der Waals surface area contributed by atoms with Crippen LogP contribution in [0.2, 0.25) is 0 Å². The molecule has 0 radical (unpaired) electrons. The van der Waals surface area contributed by atoms with E-state index in [0.29, 0.717) is 10.6 Å². The molecule has 0 heterocycles. The highest BCUT2D eigenvalue weighted by atomic mass is 32.2. The van der Waals surface area contributed by atoms with Crippen LogP contribution in [-0.2, 0) is 16.4 Å². The van der Waals surface area contributed by atoms with Crippen LogP contribution in [0.3, 0.4) is 0 Å². The molecule has 0 aliphatic rings. The van der Waals surface area contributed by atoms with Crippen molar-refractivity contribution in [1.82, 2.24) is 0 Å². The summed E-state index contributed by atoms with van der Waals surface area (Å²) in [7, 11) is -3.56. The van der Waals surface area contributed by atoms with E-state index in [0.717, 1.165) is 24.8 Å². The summed E-state index contributed by atoms with van der Waals surface area (Å²) in [6.45, 7) is 6.25. The Kier molecular flexibility index (Phi) is 5.83. The van der Waals surface area contributed by atoms with Gasteiger partial charge in [-0.3, -0.25) is 4.72 Å². The molecule has 0 amide bonds. The SMILES string of the molecule is CCCCc1ccc(S(=O)(=O)Nc2ccccc2C(C)C)cc1. The molecule has 0 saturated carbocycles. The van der Waals surface area contributed by atoms with Crippen LogP contribution in [0, 0.1) is 0 Å². The molecule has 124 valence electrons. The van der Waals surface area contributed by atoms with Crippen molar-refractivity contribution in [3.05, 3.63) is 59.7 Å². The van der Waals surface area contributed by atoms with Gasteiger partial charge in [0, 0.05) is 0 Å². The minimum Gasteiger partial charge on any atom is -0.279 e. The Bertz CT molecular complexity index is 734. The molecule has 0 unspecified atom stereocenters. The standard InChI is InChI=1S/C19H25NO2S/c1-4-5-8-16-11-13-17(14-12-16)23(21,22)20-19-10-7-6-9-18(19)15(2)3/h6-7,9-15,20H,4-5,8H2,1-3H3. The Morgan fingerprint density at radius 3 is 2.26 bits per heavy atom. The van der Waals surface area contributed by atoms with Gasteiger partial charge in [-0.15, -0.1) is 0 Å². The summed E-state index contributed by atoms with van der Waals surface area (Å²) in [6.07, 6.45) is 3.24. The minimum absolute atomic E-state index is 0.255. The van der Waals surface area contributed by atoms with Gasteiger partial charge in [-0.05, 0) is 48.1 Å². The zero-order valence-corrected chi connectivity index (χ0v) is 14.9. The summed E-state index contributed by atoms with van der Waals surface area (Å²) in [5.41, 5.74) is 2.82. The van der Waals surface area contributed by atoms with Gasteiger partial charge in [-0.1, -0.05) is 57.5 Å². The van der Waals surface area contributed by atoms with E-state index < -0.39 is 10.0 Å². The lowest BCUT2D eigenvalue weighted by molar-refractivity contribution is 0.601. The number of hydrogen-bond acceptors (Lipinski definition) is 2. The third-order valence-corrected chi connectivity index (χ3v) is 5.26. The smallest absolute Gasteiger partial charge is 0.261 e. The van der Waals surface area contributed by atoms with E-state index in [1.54, 1.807) is 12.1 Å². The van der Waals surface area contributed by atoms with Crippen molar-refractivity contribution < 1.29 is 8.42 Å². The van der Waals surface area contributed by atoms with Crippen LogP contribution in [-0.4, -0.2) is 8.42 Å². The molecule has 0 fully saturated rings. The van der Waals surface area contributed by atoms with Crippen LogP contribution in [0.4, 0.5) is 5.69 Å². The molecule has 0 spiro atoms. The zero-order chi connectivity index (χ0) is 16.9. The fraction of sp³-hybridized carbons (Fsp3) is 0.368. The van der Waals surface area contributed by atoms with Crippen LogP contribution in [0.1, 0.15) is 50.7 Å². The van der Waals surface area contributed by atoms with Crippen molar-refractivity contribution in [3.8, 4) is 0 Å². The maximum atomic E-state index is 12.6. The van der Waals surface area contributed by atoms with Crippen LogP contribution in [0.5, 0.6) is 0 Å². The quantitative estimate of drug-likeness (QED) is 0.780. The van der Waals surface area contributed by atoms with Gasteiger partial charge in [0.15, 0.2) is 0 Å². The molecule has 0 aliphatic carbocycles. The van der Waals surface area contributed by atoms with Crippen LogP contribution in [0.15, 0.2) is 53.4 Å². The summed E-state index contributed by atoms with van der Waals surface area (Å²) in [5.74, 6) is 0.255. The Morgan fingerprint density at radius 2 is 1.65 bits per heavy atom. The molecule has 4 heteroatoms. The van der Waals surface area contributed by atoms with Crippen LogP contribution in [0.25, 0.3) is 0 Å². The lowest BCUT2D eigenvalue weighted by atomic mass is 10.0. The van der Waals surface area contributed by atoms with E-state index in [4.69, 9.17) is 0 Å². The number of para-hydroxylation sites is 1. The van der Waals surface area contributed by atoms with Gasteiger partial charge in [0.2, 0.25) is 0 Å². The third kappa shape index (κ3) is 4.58. The molecule has 0 bridgehead atoms. The van der Waals surface area contributed by atoms with Gasteiger partial charge >= 0.3 is 0 Å². The average molecular weight is 331 g/mol. The summed E-state index contributed by atoms with van der Waals surface area (Å²) in [4.78, 5) is 0.302. The number of aryl methyl sites for hydroxylation is 1. The van der Waals surface area contributed by atoms with Gasteiger partial charge < -0.3 is 0 Å². The van der Waals surface area contributed by atoms with Crippen LogP contribution >= 0.6 is 0 Å². The summed E-state index contributed by atoms with van der Waals surface area (Å²) in [5, 5.41) is 0. The number of rotatable bonds is 7. The highest BCUT2D eigenvalue weighted by Crippen LogP contribution is 2.26. The monoisotopic (exact) mass is 331 g/mol. The zero-order valence-electron chi connectivity index (χ0n) is 14.0. The second-order valence-electron chi connectivity index (χ2n) is 6.09. The normalized spacial score (nSPS) is 11.7. The first-order chi connectivity index (χ1) is 10.9. The van der Waals surface area contributed by atoms with Gasteiger partial charge in [-0.2, -0.15) is 0 Å². The van der Waals surface area contributed by atoms with Crippen molar-refractivity contribution in [1.29, 1.82) is 0 Å². The Hall–Kier alpha value is -1.81. The van der Waals surface area contributed by atoms with Crippen molar-refractivity contribution in [2.24, 2.45) is 0 Å². The third-order valence-electron chi connectivity index (χ3n) is 3.88. The molecule has 0 atom stereocenters. The van der Waals surface area contributed by atoms with E-state index in [-0.39, 0.29) is 5.92 Å². The van der Waals surface area contributed by atoms with Gasteiger partial charge in [0.25, 0.3) is 10.0 Å². The predicted molar refractivity (Wildman–Crippen MR) is 96.4 cm³/mol. The second kappa shape index (κ2) is 7.64. The molecule has 0 aliphatic heterocycles. The van der Waals surface area contributed by atoms with Crippen molar-refractivity contribution in [2.45, 2.75) is 50.8 Å². The van der Waals surface area contributed by atoms with Crippen molar-refractivity contribution in [3.63, 3.8) is 0 Å². The molecule has 0 saturated heterocycles. The van der Waals surface area contributed by atoms with Crippen molar-refractivity contribution in [2.75, 3.05) is 4.72 Å². The van der Waals surface area contributed by atoms with E-state index in [2.05, 4.69) is 25.5 Å². The number of benzene rings is 2. The molecule has 2 aromatic rings. The Labute approximate surface area is 139 Å². The molecular weight excluding hydrogens is 306 g/mol. The Balaban J connectivity index is 2.22. The lowest BCUT2D eigenvalue weighted by Gasteiger charge is -2.15. The number of sulfonamides is 1. The minimum atomic E-state index is -3.56. The highest BCUT2D eigenvalue weighted by Gasteiger charge is 2.16. The summed E-state index contributed by atoms with van der Waals surface area (Å²) in [6, 6.07) is 14.7. The lowest BCUT2D eigenvalue weighted by Crippen LogP contribution is -2.14. The van der Waals surface area contributed by atoms with Gasteiger partial charge in [0.1, 0.15) is 0 Å². The largest absolute Gasteiger partial charge is 0.279 e. The van der Waals surface area contributed by atoms with Gasteiger partial charge in [0.05, 0.1) is 10.6 Å². The van der Waals surface area contributed by atoms with E-state index in [1.165, 1.54) is 5.56 Å². The summed E-state index contributed by atoms with van der Waals surface area (Å²) < 4.78 is 27.9. The van der Waals surface area contributed by atoms with Gasteiger partial charge in [-0.25, -0.2) is 8.42 Å². The van der Waals surface area contributed by atoms with Crippen molar-refractivity contribution >= 4 is 15.7 Å². The Morgan fingerprint density at radius 1 is 1.00 bits per heavy atom. The highest BCUT2D eigenvalue weighted by molar-refractivity contribution is 7.92. The maximum absolute atomic E-state index is 12.6. The first kappa shape index (κ1) is 17.5. The van der Waals surface area contributed by atoms with E-state index >= 15 is 0 Å². The molecule has 0 aromatic heterocycles. The molecule has 1 N–H and O–H groups in total. The van der Waals surface area contributed by atoms with E-state index in [9.17, 15) is 8.42 Å².